The highest BCUT2D eigenvalue weighted by Crippen LogP contribution is 2.04. The van der Waals surface area contributed by atoms with Crippen LogP contribution in [-0.4, -0.2) is 78.4 Å². The zero-order chi connectivity index (χ0) is 14.0. The van der Waals surface area contributed by atoms with Crippen LogP contribution in [0.4, 0.5) is 0 Å². The van der Waals surface area contributed by atoms with Crippen molar-refractivity contribution in [2.24, 2.45) is 4.99 Å². The van der Waals surface area contributed by atoms with Gasteiger partial charge >= 0.3 is 0 Å². The van der Waals surface area contributed by atoms with Gasteiger partial charge in [0.15, 0.2) is 0 Å². The van der Waals surface area contributed by atoms with Gasteiger partial charge in [-0.05, 0) is 13.2 Å². The Bertz CT molecular complexity index is 237. The fourth-order valence-corrected chi connectivity index (χ4v) is 1.69. The highest BCUT2D eigenvalue weighted by Gasteiger charge is 2.23. The fraction of sp³-hybridized carbons (Fsp3) is 0.909. The molecule has 0 aromatic heterocycles. The Labute approximate surface area is 112 Å². The van der Waals surface area contributed by atoms with Gasteiger partial charge in [0.05, 0.1) is 37.5 Å². The Morgan fingerprint density at radius 1 is 1.39 bits per heavy atom. The largest absolute Gasteiger partial charge is 0.394 e. The molecule has 0 rings (SSSR count). The lowest BCUT2D eigenvalue weighted by Gasteiger charge is -2.23. The number of aliphatic hydroxyl groups is 3. The van der Waals surface area contributed by atoms with Crippen LogP contribution in [0.2, 0.25) is 0 Å². The first kappa shape index (κ1) is 17.8. The summed E-state index contributed by atoms with van der Waals surface area (Å²) in [6.45, 7) is 2.24. The van der Waals surface area contributed by atoms with Gasteiger partial charge in [0.25, 0.3) is 0 Å². The third kappa shape index (κ3) is 7.30. The molecule has 0 radical (unpaired) electrons. The summed E-state index contributed by atoms with van der Waals surface area (Å²) in [6, 6.07) is 0. The number of aliphatic hydroxyl groups excluding tert-OH is 3. The number of thioether (sulfide) groups is 1. The monoisotopic (exact) mass is 281 g/mol. The van der Waals surface area contributed by atoms with Crippen LogP contribution >= 0.6 is 11.8 Å². The molecule has 7 heteroatoms. The van der Waals surface area contributed by atoms with Gasteiger partial charge in [0, 0.05) is 7.11 Å². The Balaban J connectivity index is 4.00. The van der Waals surface area contributed by atoms with Crippen molar-refractivity contribution in [1.29, 1.82) is 0 Å². The van der Waals surface area contributed by atoms with Crippen LogP contribution in [0.5, 0.6) is 0 Å². The first-order chi connectivity index (χ1) is 8.56. The van der Waals surface area contributed by atoms with E-state index >= 15 is 0 Å². The van der Waals surface area contributed by atoms with E-state index in [1.54, 1.807) is 7.11 Å². The van der Waals surface area contributed by atoms with Crippen molar-refractivity contribution in [3.05, 3.63) is 0 Å². The lowest BCUT2D eigenvalue weighted by molar-refractivity contribution is -0.100. The molecule has 0 unspecified atom stereocenters. The molecule has 0 aromatic carbocycles. The maximum Gasteiger partial charge on any atom is 0.109 e. The third-order valence-electron chi connectivity index (χ3n) is 2.27. The second kappa shape index (κ2) is 10.7. The molecular weight excluding hydrogens is 258 g/mol. The molecule has 0 aliphatic carbocycles. The maximum absolute atomic E-state index is 9.53. The topological polar surface area (TPSA) is 91.5 Å². The van der Waals surface area contributed by atoms with E-state index in [-0.39, 0.29) is 13.2 Å². The molecule has 0 fully saturated rings. The van der Waals surface area contributed by atoms with Gasteiger partial charge in [-0.25, -0.2) is 0 Å². The summed E-state index contributed by atoms with van der Waals surface area (Å²) in [5, 5.41) is 28.6. The van der Waals surface area contributed by atoms with Crippen molar-refractivity contribution >= 4 is 16.8 Å². The van der Waals surface area contributed by atoms with Crippen LogP contribution in [0.1, 0.15) is 6.92 Å². The normalized spacial score (nSPS) is 17.6. The Hall–Kier alpha value is -0.180. The molecule has 0 saturated carbocycles. The lowest BCUT2D eigenvalue weighted by atomic mass is 10.1. The molecule has 3 N–H and O–H groups in total. The molecule has 108 valence electrons. The molecule has 0 amide bonds. The summed E-state index contributed by atoms with van der Waals surface area (Å²) in [5.41, 5.74) is 0. The van der Waals surface area contributed by atoms with Crippen molar-refractivity contribution in [2.75, 3.05) is 39.7 Å². The second-order valence-electron chi connectivity index (χ2n) is 3.74. The molecule has 0 bridgehead atoms. The third-order valence-corrected chi connectivity index (χ3v) is 2.99. The summed E-state index contributed by atoms with van der Waals surface area (Å²) >= 11 is 1.50. The van der Waals surface area contributed by atoms with Gasteiger partial charge in [-0.15, -0.1) is 11.8 Å². The second-order valence-corrected chi connectivity index (χ2v) is 4.62. The van der Waals surface area contributed by atoms with Crippen LogP contribution < -0.4 is 0 Å². The van der Waals surface area contributed by atoms with Gasteiger partial charge in [-0.2, -0.15) is 0 Å². The van der Waals surface area contributed by atoms with Crippen molar-refractivity contribution in [1.82, 2.24) is 0 Å². The van der Waals surface area contributed by atoms with Crippen LogP contribution in [-0.2, 0) is 9.47 Å². The van der Waals surface area contributed by atoms with E-state index in [0.717, 1.165) is 5.04 Å². The Morgan fingerprint density at radius 3 is 2.50 bits per heavy atom. The first-order valence-electron chi connectivity index (χ1n) is 5.71. The van der Waals surface area contributed by atoms with Gasteiger partial charge in [0.1, 0.15) is 12.2 Å². The number of hydrogen-bond donors (Lipinski definition) is 3. The summed E-state index contributed by atoms with van der Waals surface area (Å²) in [7, 11) is 1.60. The average Bonchev–Trinajstić information content (AvgIpc) is 2.36. The van der Waals surface area contributed by atoms with Crippen molar-refractivity contribution in [3.63, 3.8) is 0 Å². The van der Waals surface area contributed by atoms with Crippen molar-refractivity contribution in [2.45, 2.75) is 25.2 Å². The van der Waals surface area contributed by atoms with E-state index in [2.05, 4.69) is 4.99 Å². The van der Waals surface area contributed by atoms with E-state index in [0.29, 0.717) is 13.2 Å². The van der Waals surface area contributed by atoms with Gasteiger partial charge in [0.2, 0.25) is 0 Å². The zero-order valence-corrected chi connectivity index (χ0v) is 11.9. The van der Waals surface area contributed by atoms with Gasteiger partial charge < -0.3 is 24.8 Å². The van der Waals surface area contributed by atoms with E-state index in [1.807, 2.05) is 6.26 Å². The highest BCUT2D eigenvalue weighted by atomic mass is 32.2. The SMILES string of the molecule is COC/C(=N/CCO[C@H](CO)[C@@H](O)[C@@H](C)O)SC. The molecular formula is C11H23NO5S. The van der Waals surface area contributed by atoms with E-state index < -0.39 is 18.3 Å². The summed E-state index contributed by atoms with van der Waals surface area (Å²) in [5.74, 6) is 0. The van der Waals surface area contributed by atoms with E-state index in [9.17, 15) is 10.2 Å². The molecule has 0 aliphatic heterocycles. The van der Waals surface area contributed by atoms with Gasteiger partial charge in [-0.3, -0.25) is 4.99 Å². The number of methoxy groups -OCH3 is 1. The molecule has 0 heterocycles. The number of rotatable bonds is 9. The molecule has 18 heavy (non-hydrogen) atoms. The zero-order valence-electron chi connectivity index (χ0n) is 11.1. The summed E-state index contributed by atoms with van der Waals surface area (Å²) < 4.78 is 10.2. The highest BCUT2D eigenvalue weighted by molar-refractivity contribution is 8.13. The minimum absolute atomic E-state index is 0.267. The standard InChI is InChI=1S/C11H23NO5S/c1-8(14)11(15)9(6-13)17-5-4-12-10(18-3)7-16-2/h8-9,11,13-15H,4-7H2,1-3H3/b12-10-/t8-,9-,11+/m1/s1. The molecule has 6 nitrogen and oxygen atoms in total. The number of ether oxygens (including phenoxy) is 2. The smallest absolute Gasteiger partial charge is 0.109 e. The fourth-order valence-electron chi connectivity index (χ4n) is 1.24. The molecule has 0 aliphatic rings. The van der Waals surface area contributed by atoms with Crippen LogP contribution in [0.3, 0.4) is 0 Å². The van der Waals surface area contributed by atoms with Crippen LogP contribution in [0, 0.1) is 0 Å². The van der Waals surface area contributed by atoms with Crippen LogP contribution in [0.25, 0.3) is 0 Å². The van der Waals surface area contributed by atoms with Crippen LogP contribution in [0.15, 0.2) is 4.99 Å². The van der Waals surface area contributed by atoms with Crippen molar-refractivity contribution in [3.8, 4) is 0 Å². The average molecular weight is 281 g/mol. The molecule has 0 aromatic rings. The van der Waals surface area contributed by atoms with Crippen molar-refractivity contribution < 1.29 is 24.8 Å². The van der Waals surface area contributed by atoms with E-state index in [1.165, 1.54) is 18.7 Å². The van der Waals surface area contributed by atoms with E-state index in [4.69, 9.17) is 14.6 Å². The molecule has 3 atom stereocenters. The molecule has 0 spiro atoms. The summed E-state index contributed by atoms with van der Waals surface area (Å²) in [4.78, 5) is 4.25. The maximum atomic E-state index is 9.53. The minimum atomic E-state index is -1.10. The minimum Gasteiger partial charge on any atom is -0.394 e. The number of aliphatic imine (C=N–C) groups is 1. The first-order valence-corrected chi connectivity index (χ1v) is 6.94. The predicted molar refractivity (Wildman–Crippen MR) is 72.2 cm³/mol. The predicted octanol–water partition coefficient (Wildman–Crippen LogP) is -0.486. The van der Waals surface area contributed by atoms with Gasteiger partial charge in [-0.1, -0.05) is 0 Å². The Kier molecular flexibility index (Phi) is 10.6. The lowest BCUT2D eigenvalue weighted by Crippen LogP contribution is -2.40. The number of nitrogens with zero attached hydrogens (tertiary/aromatic N) is 1. The quantitative estimate of drug-likeness (QED) is 0.300. The molecule has 0 saturated heterocycles. The number of hydrogen-bond acceptors (Lipinski definition) is 7. The summed E-state index contributed by atoms with van der Waals surface area (Å²) in [6.07, 6.45) is -0.925. The Morgan fingerprint density at radius 2 is 2.06 bits per heavy atom.